The van der Waals surface area contributed by atoms with Crippen LogP contribution in [-0.2, 0) is 7.05 Å². The number of rotatable bonds is 3. The minimum Gasteiger partial charge on any atom is -0.351 e. The number of hydrogen-bond donors (Lipinski definition) is 2. The molecular formula is C20H19N5O. The molecule has 0 bridgehead atoms. The quantitative estimate of drug-likeness (QED) is 0.592. The molecule has 4 rings (SSSR count). The summed E-state index contributed by atoms with van der Waals surface area (Å²) in [5, 5.41) is 12.0. The van der Waals surface area contributed by atoms with Crippen LogP contribution in [0, 0.1) is 13.8 Å². The zero-order valence-corrected chi connectivity index (χ0v) is 14.9. The summed E-state index contributed by atoms with van der Waals surface area (Å²) in [5.41, 5.74) is 5.44. The predicted molar refractivity (Wildman–Crippen MR) is 102 cm³/mol. The number of amides is 1. The third-order valence-electron chi connectivity index (χ3n) is 4.42. The van der Waals surface area contributed by atoms with Crippen LogP contribution in [0.5, 0.6) is 0 Å². The number of nitrogens with one attached hydrogen (secondary N) is 2. The number of aryl methyl sites for hydroxylation is 3. The second-order valence-electron chi connectivity index (χ2n) is 6.53. The largest absolute Gasteiger partial charge is 0.351 e. The van der Waals surface area contributed by atoms with E-state index in [-0.39, 0.29) is 5.91 Å². The van der Waals surface area contributed by atoms with Crippen LogP contribution in [0.2, 0.25) is 0 Å². The normalized spacial score (nSPS) is 11.0. The van der Waals surface area contributed by atoms with Crippen molar-refractivity contribution >= 4 is 22.5 Å². The lowest BCUT2D eigenvalue weighted by Gasteiger charge is -2.06. The first-order chi connectivity index (χ1) is 12.5. The van der Waals surface area contributed by atoms with Crippen molar-refractivity contribution in [1.29, 1.82) is 0 Å². The van der Waals surface area contributed by atoms with Gasteiger partial charge in [-0.05, 0) is 49.2 Å². The fourth-order valence-electron chi connectivity index (χ4n) is 3.20. The lowest BCUT2D eigenvalue weighted by molar-refractivity contribution is 0.102. The Morgan fingerprint density at radius 2 is 2.00 bits per heavy atom. The highest BCUT2D eigenvalue weighted by atomic mass is 16.1. The predicted octanol–water partition coefficient (Wildman–Crippen LogP) is 3.83. The van der Waals surface area contributed by atoms with Crippen molar-refractivity contribution in [1.82, 2.24) is 19.7 Å². The average molecular weight is 345 g/mol. The van der Waals surface area contributed by atoms with Crippen molar-refractivity contribution in [3.63, 3.8) is 0 Å². The molecule has 26 heavy (non-hydrogen) atoms. The second-order valence-corrected chi connectivity index (χ2v) is 6.53. The molecule has 0 aliphatic rings. The molecule has 4 aromatic rings. The molecule has 6 nitrogen and oxygen atoms in total. The van der Waals surface area contributed by atoms with Crippen molar-refractivity contribution < 1.29 is 4.79 Å². The molecule has 0 saturated heterocycles. The highest BCUT2D eigenvalue weighted by Gasteiger charge is 2.12. The van der Waals surface area contributed by atoms with Crippen LogP contribution in [0.25, 0.3) is 22.3 Å². The molecule has 0 saturated carbocycles. The van der Waals surface area contributed by atoms with Gasteiger partial charge in [0, 0.05) is 29.2 Å². The molecular weight excluding hydrogens is 326 g/mol. The Morgan fingerprint density at radius 3 is 2.77 bits per heavy atom. The van der Waals surface area contributed by atoms with Gasteiger partial charge in [-0.3, -0.25) is 4.79 Å². The Hall–Kier alpha value is -3.41. The molecule has 0 radical (unpaired) electrons. The summed E-state index contributed by atoms with van der Waals surface area (Å²) in [7, 11) is 1.88. The van der Waals surface area contributed by atoms with Crippen LogP contribution in [0.3, 0.4) is 0 Å². The fraction of sp³-hybridized carbons (Fsp3) is 0.150. The minimum absolute atomic E-state index is 0.173. The smallest absolute Gasteiger partial charge is 0.272 e. The molecule has 6 heteroatoms. The van der Waals surface area contributed by atoms with Gasteiger partial charge in [-0.15, -0.1) is 10.2 Å². The molecule has 0 fully saturated rings. The zero-order chi connectivity index (χ0) is 18.3. The highest BCUT2D eigenvalue weighted by Crippen LogP contribution is 2.23. The van der Waals surface area contributed by atoms with Gasteiger partial charge in [-0.2, -0.15) is 0 Å². The lowest BCUT2D eigenvalue weighted by Crippen LogP contribution is -2.12. The number of nitrogens with zero attached hydrogens (tertiary/aromatic N) is 3. The first-order valence-electron chi connectivity index (χ1n) is 8.37. The number of H-pyrrole nitrogens is 1. The van der Waals surface area contributed by atoms with Gasteiger partial charge in [0.2, 0.25) is 0 Å². The van der Waals surface area contributed by atoms with E-state index in [0.717, 1.165) is 27.9 Å². The second kappa shape index (κ2) is 6.15. The maximum atomic E-state index is 12.7. The molecule has 0 atom stereocenters. The van der Waals surface area contributed by atoms with Crippen molar-refractivity contribution in [2.24, 2.45) is 7.05 Å². The van der Waals surface area contributed by atoms with E-state index in [1.54, 1.807) is 6.33 Å². The summed E-state index contributed by atoms with van der Waals surface area (Å²) < 4.78 is 1.84. The summed E-state index contributed by atoms with van der Waals surface area (Å²) in [4.78, 5) is 15.9. The van der Waals surface area contributed by atoms with Crippen LogP contribution in [0.4, 0.5) is 5.69 Å². The Labute approximate surface area is 150 Å². The summed E-state index contributed by atoms with van der Waals surface area (Å²) in [6, 6.07) is 13.6. The fourth-order valence-corrected chi connectivity index (χ4v) is 3.20. The van der Waals surface area contributed by atoms with E-state index in [2.05, 4.69) is 33.5 Å². The minimum atomic E-state index is -0.173. The highest BCUT2D eigenvalue weighted by molar-refractivity contribution is 6.06. The van der Waals surface area contributed by atoms with Crippen molar-refractivity contribution in [2.45, 2.75) is 13.8 Å². The van der Waals surface area contributed by atoms with E-state index in [4.69, 9.17) is 0 Å². The van der Waals surface area contributed by atoms with E-state index in [9.17, 15) is 4.79 Å². The topological polar surface area (TPSA) is 75.6 Å². The van der Waals surface area contributed by atoms with E-state index in [1.165, 1.54) is 5.56 Å². The van der Waals surface area contributed by atoms with Crippen molar-refractivity contribution in [3.8, 4) is 11.4 Å². The number of fused-ring (bicyclic) bond motifs is 1. The molecule has 0 aliphatic heterocycles. The Morgan fingerprint density at radius 1 is 1.15 bits per heavy atom. The number of anilines is 1. The van der Waals surface area contributed by atoms with Gasteiger partial charge in [0.1, 0.15) is 12.0 Å². The molecule has 0 unspecified atom stereocenters. The maximum absolute atomic E-state index is 12.7. The molecule has 1 amide bonds. The lowest BCUT2D eigenvalue weighted by atomic mass is 10.1. The molecule has 2 aromatic carbocycles. The first-order valence-corrected chi connectivity index (χ1v) is 8.37. The molecule has 0 spiro atoms. The van der Waals surface area contributed by atoms with Crippen LogP contribution in [0.15, 0.2) is 48.8 Å². The number of hydrogen-bond acceptors (Lipinski definition) is 3. The Kier molecular flexibility index (Phi) is 3.80. The first kappa shape index (κ1) is 16.1. The van der Waals surface area contributed by atoms with E-state index in [0.29, 0.717) is 11.4 Å². The van der Waals surface area contributed by atoms with Crippen LogP contribution in [0.1, 0.15) is 21.6 Å². The number of aromatic amines is 1. The van der Waals surface area contributed by atoms with Crippen LogP contribution < -0.4 is 5.32 Å². The van der Waals surface area contributed by atoms with Gasteiger partial charge in [0.05, 0.1) is 0 Å². The number of aromatic nitrogens is 4. The molecule has 130 valence electrons. The maximum Gasteiger partial charge on any atom is 0.272 e. The van der Waals surface area contributed by atoms with E-state index < -0.39 is 0 Å². The van der Waals surface area contributed by atoms with E-state index >= 15 is 0 Å². The van der Waals surface area contributed by atoms with Crippen molar-refractivity contribution in [2.75, 3.05) is 5.32 Å². The SMILES string of the molecule is Cc1cc(C)c2cc(C(=O)Nc3cccc(-c4nncn4C)c3)[nH]c2c1. The third kappa shape index (κ3) is 2.86. The summed E-state index contributed by atoms with van der Waals surface area (Å²) >= 11 is 0. The molecule has 2 N–H and O–H groups in total. The molecule has 2 heterocycles. The van der Waals surface area contributed by atoms with Gasteiger partial charge >= 0.3 is 0 Å². The van der Waals surface area contributed by atoms with Gasteiger partial charge in [-0.25, -0.2) is 0 Å². The van der Waals surface area contributed by atoms with Gasteiger partial charge in [-0.1, -0.05) is 18.2 Å². The van der Waals surface area contributed by atoms with Crippen molar-refractivity contribution in [3.05, 3.63) is 65.6 Å². The number of carbonyl (C=O) groups is 1. The standard InChI is InChI=1S/C20H19N5O/c1-12-7-13(2)16-10-18(23-17(16)8-12)20(26)22-15-6-4-5-14(9-15)19-24-21-11-25(19)3/h4-11,23H,1-3H3,(H,22,26). The number of benzene rings is 2. The zero-order valence-electron chi connectivity index (χ0n) is 14.9. The van der Waals surface area contributed by atoms with Gasteiger partial charge in [0.15, 0.2) is 5.82 Å². The van der Waals surface area contributed by atoms with Crippen LogP contribution in [-0.4, -0.2) is 25.7 Å². The third-order valence-corrected chi connectivity index (χ3v) is 4.42. The van der Waals surface area contributed by atoms with E-state index in [1.807, 2.05) is 54.9 Å². The summed E-state index contributed by atoms with van der Waals surface area (Å²) in [6.07, 6.45) is 1.65. The molecule has 2 aromatic heterocycles. The Bertz CT molecular complexity index is 1120. The van der Waals surface area contributed by atoms with Gasteiger partial charge < -0.3 is 14.9 Å². The van der Waals surface area contributed by atoms with Crippen LogP contribution >= 0.6 is 0 Å². The average Bonchev–Trinajstić information content (AvgIpc) is 3.21. The number of carbonyl (C=O) groups excluding carboxylic acids is 1. The molecule has 0 aliphatic carbocycles. The van der Waals surface area contributed by atoms with Gasteiger partial charge in [0.25, 0.3) is 5.91 Å². The Balaban J connectivity index is 1.63. The summed E-state index contributed by atoms with van der Waals surface area (Å²) in [6.45, 7) is 4.10. The monoisotopic (exact) mass is 345 g/mol. The summed E-state index contributed by atoms with van der Waals surface area (Å²) in [5.74, 6) is 0.575.